The molecular weight excluding hydrogens is 450 g/mol. The number of nitrogens with zero attached hydrogens (tertiary/aromatic N) is 5. The van der Waals surface area contributed by atoms with Gasteiger partial charge in [-0.1, -0.05) is 55.8 Å². The summed E-state index contributed by atoms with van der Waals surface area (Å²) in [5.41, 5.74) is 5.30. The van der Waals surface area contributed by atoms with Gasteiger partial charge in [0.1, 0.15) is 6.33 Å². The molecule has 1 aliphatic rings. The lowest BCUT2D eigenvalue weighted by molar-refractivity contribution is -0.0488. The lowest BCUT2D eigenvalue weighted by Gasteiger charge is -2.33. The first-order chi connectivity index (χ1) is 17.5. The molecule has 1 fully saturated rings. The molecule has 7 nitrogen and oxygen atoms in total. The summed E-state index contributed by atoms with van der Waals surface area (Å²) in [6.45, 7) is 6.24. The Bertz CT molecular complexity index is 1470. The summed E-state index contributed by atoms with van der Waals surface area (Å²) >= 11 is 0. The average molecular weight is 482 g/mol. The minimum absolute atomic E-state index is 0.0160. The molecule has 0 amide bonds. The van der Waals surface area contributed by atoms with Crippen LogP contribution in [-0.2, 0) is 17.6 Å². The zero-order chi connectivity index (χ0) is 25.2. The van der Waals surface area contributed by atoms with Gasteiger partial charge < -0.3 is 4.74 Å². The summed E-state index contributed by atoms with van der Waals surface area (Å²) in [5, 5.41) is 14.0. The zero-order valence-corrected chi connectivity index (χ0v) is 21.0. The molecule has 0 N–H and O–H groups in total. The van der Waals surface area contributed by atoms with E-state index in [1.54, 1.807) is 6.33 Å². The number of rotatable bonds is 6. The third-order valence-corrected chi connectivity index (χ3v) is 7.04. The van der Waals surface area contributed by atoms with E-state index in [1.165, 1.54) is 0 Å². The number of ether oxygens (including phenoxy) is 1. The first-order valence-corrected chi connectivity index (χ1v) is 12.7. The van der Waals surface area contributed by atoms with Crippen LogP contribution in [-0.4, -0.2) is 31.4 Å². The smallest absolute Gasteiger partial charge is 0.259 e. The monoisotopic (exact) mass is 481 g/mol. The van der Waals surface area contributed by atoms with Crippen molar-refractivity contribution in [3.8, 4) is 17.2 Å². The van der Waals surface area contributed by atoms with Gasteiger partial charge >= 0.3 is 0 Å². The van der Waals surface area contributed by atoms with Gasteiger partial charge in [0.05, 0.1) is 29.5 Å². The zero-order valence-electron chi connectivity index (χ0n) is 21.0. The molecule has 2 aromatic carbocycles. The molecule has 36 heavy (non-hydrogen) atoms. The van der Waals surface area contributed by atoms with Crippen LogP contribution in [0.25, 0.3) is 16.9 Å². The van der Waals surface area contributed by atoms with Gasteiger partial charge in [0, 0.05) is 18.0 Å². The number of hydrogen-bond donors (Lipinski definition) is 0. The lowest BCUT2D eigenvalue weighted by Crippen LogP contribution is -2.38. The maximum absolute atomic E-state index is 14.1. The lowest BCUT2D eigenvalue weighted by atomic mass is 9.96. The summed E-state index contributed by atoms with van der Waals surface area (Å²) < 4.78 is 9.66. The van der Waals surface area contributed by atoms with Crippen LogP contribution in [0.15, 0.2) is 59.7 Å². The Hall–Kier alpha value is -3.76. The van der Waals surface area contributed by atoms with E-state index in [1.807, 2.05) is 57.6 Å². The standard InChI is InChI=1S/C29H31N5O2/c1-4-7-27-26(16-21-10-12-22(13-11-21)25-9-6-5-8-23(25)17-30)28(35)33(29-31-18-32-34(27)29)24-14-19(2)36-20(3)15-24/h5-6,8-13,18-20,24H,4,7,14-16H2,1-3H3/t19-,20+,24?. The Morgan fingerprint density at radius 2 is 1.81 bits per heavy atom. The number of aromatic nitrogens is 4. The Labute approximate surface area is 211 Å². The molecule has 5 rings (SSSR count). The van der Waals surface area contributed by atoms with E-state index < -0.39 is 0 Å². The maximum atomic E-state index is 14.1. The van der Waals surface area contributed by atoms with Crippen molar-refractivity contribution < 1.29 is 4.74 Å². The Balaban J connectivity index is 1.57. The van der Waals surface area contributed by atoms with Crippen LogP contribution in [0.2, 0.25) is 0 Å². The Kier molecular flexibility index (Phi) is 6.71. The minimum Gasteiger partial charge on any atom is -0.375 e. The Morgan fingerprint density at radius 3 is 2.50 bits per heavy atom. The van der Waals surface area contributed by atoms with Crippen LogP contribution in [0.1, 0.15) is 68.5 Å². The fourth-order valence-electron chi connectivity index (χ4n) is 5.50. The van der Waals surface area contributed by atoms with Gasteiger partial charge in [-0.25, -0.2) is 4.52 Å². The number of fused-ring (bicyclic) bond motifs is 1. The maximum Gasteiger partial charge on any atom is 0.259 e. The molecule has 1 aliphatic heterocycles. The van der Waals surface area contributed by atoms with Crippen LogP contribution >= 0.6 is 0 Å². The van der Waals surface area contributed by atoms with Crippen LogP contribution in [0.3, 0.4) is 0 Å². The molecule has 184 valence electrons. The molecule has 1 unspecified atom stereocenters. The predicted octanol–water partition coefficient (Wildman–Crippen LogP) is 5.10. The fourth-order valence-corrected chi connectivity index (χ4v) is 5.50. The molecule has 3 atom stereocenters. The van der Waals surface area contributed by atoms with E-state index in [0.29, 0.717) is 17.8 Å². The van der Waals surface area contributed by atoms with Gasteiger partial charge in [-0.15, -0.1) is 0 Å². The summed E-state index contributed by atoms with van der Waals surface area (Å²) in [6, 6.07) is 18.0. The second-order valence-corrected chi connectivity index (χ2v) is 9.74. The van der Waals surface area contributed by atoms with Crippen LogP contribution in [0, 0.1) is 11.3 Å². The van der Waals surface area contributed by atoms with Crippen molar-refractivity contribution in [3.63, 3.8) is 0 Å². The Morgan fingerprint density at radius 1 is 1.08 bits per heavy atom. The van der Waals surface area contributed by atoms with Gasteiger partial charge in [-0.2, -0.15) is 15.3 Å². The van der Waals surface area contributed by atoms with Crippen molar-refractivity contribution in [1.29, 1.82) is 5.26 Å². The number of hydrogen-bond acceptors (Lipinski definition) is 5. The molecule has 4 aromatic rings. The van der Waals surface area contributed by atoms with Crippen LogP contribution < -0.4 is 5.56 Å². The van der Waals surface area contributed by atoms with E-state index in [0.717, 1.165) is 53.6 Å². The van der Waals surface area contributed by atoms with Gasteiger partial charge in [0.15, 0.2) is 0 Å². The van der Waals surface area contributed by atoms with Gasteiger partial charge in [-0.05, 0) is 55.9 Å². The van der Waals surface area contributed by atoms with E-state index in [9.17, 15) is 10.1 Å². The van der Waals surface area contributed by atoms with Crippen molar-refractivity contribution in [2.24, 2.45) is 0 Å². The average Bonchev–Trinajstić information content (AvgIpc) is 3.35. The summed E-state index contributed by atoms with van der Waals surface area (Å²) in [6.07, 6.45) is 5.41. The first-order valence-electron chi connectivity index (χ1n) is 12.7. The highest BCUT2D eigenvalue weighted by Crippen LogP contribution is 2.30. The second kappa shape index (κ2) is 10.1. The number of nitriles is 1. The van der Waals surface area contributed by atoms with Crippen molar-refractivity contribution in [2.45, 2.75) is 71.1 Å². The van der Waals surface area contributed by atoms with Gasteiger partial charge in [0.2, 0.25) is 5.78 Å². The molecule has 0 spiro atoms. The summed E-state index contributed by atoms with van der Waals surface area (Å²) in [4.78, 5) is 18.6. The van der Waals surface area contributed by atoms with Gasteiger partial charge in [-0.3, -0.25) is 9.36 Å². The molecule has 3 heterocycles. The molecule has 0 saturated carbocycles. The minimum atomic E-state index is 0.0160. The van der Waals surface area contributed by atoms with E-state index in [4.69, 9.17) is 4.74 Å². The predicted molar refractivity (Wildman–Crippen MR) is 139 cm³/mol. The quantitative estimate of drug-likeness (QED) is 0.382. The molecule has 0 bridgehead atoms. The van der Waals surface area contributed by atoms with E-state index in [-0.39, 0.29) is 23.8 Å². The first kappa shape index (κ1) is 24.0. The second-order valence-electron chi connectivity index (χ2n) is 9.74. The van der Waals surface area contributed by atoms with Crippen LogP contribution in [0.4, 0.5) is 0 Å². The largest absolute Gasteiger partial charge is 0.375 e. The number of benzene rings is 2. The fraction of sp³-hybridized carbons (Fsp3) is 0.379. The van der Waals surface area contributed by atoms with Crippen molar-refractivity contribution in [1.82, 2.24) is 19.2 Å². The highest BCUT2D eigenvalue weighted by atomic mass is 16.5. The normalized spacial score (nSPS) is 19.9. The molecule has 0 aliphatic carbocycles. The molecule has 1 saturated heterocycles. The highest BCUT2D eigenvalue weighted by molar-refractivity contribution is 5.70. The third-order valence-electron chi connectivity index (χ3n) is 7.04. The molecule has 7 heteroatoms. The van der Waals surface area contributed by atoms with E-state index >= 15 is 0 Å². The summed E-state index contributed by atoms with van der Waals surface area (Å²) in [7, 11) is 0. The SMILES string of the molecule is CCCc1c(Cc2ccc(-c3ccccc3C#N)cc2)c(=O)n(C2C[C@@H](C)O[C@@H](C)C2)c2ncnn12. The van der Waals surface area contributed by atoms with Gasteiger partial charge in [0.25, 0.3) is 5.56 Å². The topological polar surface area (TPSA) is 85.2 Å². The van der Waals surface area contributed by atoms with Crippen molar-refractivity contribution in [2.75, 3.05) is 0 Å². The third kappa shape index (κ3) is 4.45. The van der Waals surface area contributed by atoms with Crippen LogP contribution in [0.5, 0.6) is 0 Å². The van der Waals surface area contributed by atoms with Crippen molar-refractivity contribution in [3.05, 3.63) is 87.6 Å². The highest BCUT2D eigenvalue weighted by Gasteiger charge is 2.30. The molecule has 0 radical (unpaired) electrons. The van der Waals surface area contributed by atoms with Crippen molar-refractivity contribution >= 4 is 5.78 Å². The number of aryl methyl sites for hydroxylation is 1. The van der Waals surface area contributed by atoms with E-state index in [2.05, 4.69) is 36.9 Å². The molecule has 2 aromatic heterocycles. The molecular formula is C29H31N5O2. The summed E-state index contributed by atoms with van der Waals surface area (Å²) in [5.74, 6) is 0.613.